The van der Waals surface area contributed by atoms with Crippen LogP contribution in [0.25, 0.3) is 0 Å². The molecule has 3 aromatic carbocycles. The molecule has 0 N–H and O–H groups in total. The monoisotopic (exact) mass is 462 g/mol. The fourth-order valence-corrected chi connectivity index (χ4v) is 4.64. The van der Waals surface area contributed by atoms with Crippen LogP contribution in [0.15, 0.2) is 78.9 Å². The number of benzene rings is 3. The predicted octanol–water partition coefficient (Wildman–Crippen LogP) is 4.86. The van der Waals surface area contributed by atoms with E-state index in [1.807, 2.05) is 61.6 Å². The first-order valence-corrected chi connectivity index (χ1v) is 11.3. The SMILES string of the molecule is COc1cccc([C@@H]2CN(C(=O)c3cccc(Cl)c3)C[C@H]2C(=O)N(C)Cc2ccccc2)c1. The Kier molecular flexibility index (Phi) is 6.99. The van der Waals surface area contributed by atoms with Crippen LogP contribution in [0, 0.1) is 5.92 Å². The molecule has 0 radical (unpaired) electrons. The highest BCUT2D eigenvalue weighted by Crippen LogP contribution is 2.36. The van der Waals surface area contributed by atoms with Crippen molar-refractivity contribution in [3.05, 3.63) is 101 Å². The van der Waals surface area contributed by atoms with Gasteiger partial charge in [-0.15, -0.1) is 0 Å². The van der Waals surface area contributed by atoms with E-state index in [0.717, 1.165) is 16.9 Å². The second kappa shape index (κ2) is 10.1. The fraction of sp³-hybridized carbons (Fsp3) is 0.259. The van der Waals surface area contributed by atoms with E-state index >= 15 is 0 Å². The van der Waals surface area contributed by atoms with Crippen molar-refractivity contribution in [2.24, 2.45) is 5.92 Å². The van der Waals surface area contributed by atoms with Crippen LogP contribution >= 0.6 is 11.6 Å². The maximum atomic E-state index is 13.6. The number of ether oxygens (including phenoxy) is 1. The van der Waals surface area contributed by atoms with Gasteiger partial charge in [0.05, 0.1) is 13.0 Å². The van der Waals surface area contributed by atoms with E-state index < -0.39 is 0 Å². The van der Waals surface area contributed by atoms with Gasteiger partial charge in [0.2, 0.25) is 5.91 Å². The summed E-state index contributed by atoms with van der Waals surface area (Å²) in [5.41, 5.74) is 2.58. The molecule has 170 valence electrons. The summed E-state index contributed by atoms with van der Waals surface area (Å²) in [6.07, 6.45) is 0. The van der Waals surface area contributed by atoms with Crippen LogP contribution in [0.1, 0.15) is 27.4 Å². The van der Waals surface area contributed by atoms with Gasteiger partial charge in [-0.05, 0) is 41.5 Å². The number of halogens is 1. The highest BCUT2D eigenvalue weighted by atomic mass is 35.5. The Labute approximate surface area is 199 Å². The molecule has 1 aliphatic rings. The topological polar surface area (TPSA) is 49.9 Å². The molecule has 0 bridgehead atoms. The lowest BCUT2D eigenvalue weighted by atomic mass is 9.88. The average molecular weight is 463 g/mol. The van der Waals surface area contributed by atoms with E-state index in [0.29, 0.717) is 30.2 Å². The number of hydrogen-bond donors (Lipinski definition) is 0. The quantitative estimate of drug-likeness (QED) is 0.525. The van der Waals surface area contributed by atoms with Crippen LogP contribution in [0.5, 0.6) is 5.75 Å². The van der Waals surface area contributed by atoms with Crippen molar-refractivity contribution in [3.8, 4) is 5.75 Å². The number of methoxy groups -OCH3 is 1. The lowest BCUT2D eigenvalue weighted by Gasteiger charge is -2.25. The van der Waals surface area contributed by atoms with Crippen molar-refractivity contribution in [1.82, 2.24) is 9.80 Å². The molecular formula is C27H27ClN2O3. The highest BCUT2D eigenvalue weighted by Gasteiger charge is 2.41. The van der Waals surface area contributed by atoms with Crippen molar-refractivity contribution in [2.45, 2.75) is 12.5 Å². The summed E-state index contributed by atoms with van der Waals surface area (Å²) in [5.74, 6) is 0.151. The second-order valence-electron chi connectivity index (χ2n) is 8.39. The molecule has 4 rings (SSSR count). The number of carbonyl (C=O) groups is 2. The first-order valence-electron chi connectivity index (χ1n) is 10.9. The molecule has 5 nitrogen and oxygen atoms in total. The minimum atomic E-state index is -0.353. The summed E-state index contributed by atoms with van der Waals surface area (Å²) in [7, 11) is 3.44. The van der Waals surface area contributed by atoms with E-state index in [4.69, 9.17) is 16.3 Å². The van der Waals surface area contributed by atoms with E-state index in [2.05, 4.69) is 0 Å². The molecule has 1 saturated heterocycles. The Hall–Kier alpha value is -3.31. The van der Waals surface area contributed by atoms with Gasteiger partial charge in [0.1, 0.15) is 5.75 Å². The lowest BCUT2D eigenvalue weighted by molar-refractivity contribution is -0.134. The number of amides is 2. The van der Waals surface area contributed by atoms with Gasteiger partial charge in [-0.1, -0.05) is 60.1 Å². The van der Waals surface area contributed by atoms with Crippen LogP contribution in [-0.4, -0.2) is 48.9 Å². The van der Waals surface area contributed by atoms with Crippen molar-refractivity contribution < 1.29 is 14.3 Å². The Bertz CT molecular complexity index is 1130. The van der Waals surface area contributed by atoms with Gasteiger partial charge >= 0.3 is 0 Å². The number of hydrogen-bond acceptors (Lipinski definition) is 3. The van der Waals surface area contributed by atoms with E-state index in [1.54, 1.807) is 41.2 Å². The zero-order chi connectivity index (χ0) is 23.4. The maximum Gasteiger partial charge on any atom is 0.253 e. The van der Waals surface area contributed by atoms with Gasteiger partial charge < -0.3 is 14.5 Å². The molecule has 0 aromatic heterocycles. The Morgan fingerprint density at radius 3 is 2.48 bits per heavy atom. The molecule has 0 aliphatic carbocycles. The summed E-state index contributed by atoms with van der Waals surface area (Å²) in [5, 5.41) is 0.514. The second-order valence-corrected chi connectivity index (χ2v) is 8.83. The van der Waals surface area contributed by atoms with Gasteiger partial charge in [-0.25, -0.2) is 0 Å². The summed E-state index contributed by atoms with van der Waals surface area (Å²) in [4.78, 5) is 30.3. The molecule has 2 atom stereocenters. The molecule has 6 heteroatoms. The summed E-state index contributed by atoms with van der Waals surface area (Å²) in [6, 6.07) is 24.6. The third kappa shape index (κ3) is 5.20. The first-order chi connectivity index (χ1) is 16.0. The van der Waals surface area contributed by atoms with Gasteiger partial charge in [0.15, 0.2) is 0 Å². The van der Waals surface area contributed by atoms with Gasteiger partial charge in [-0.2, -0.15) is 0 Å². The van der Waals surface area contributed by atoms with E-state index in [-0.39, 0.29) is 23.7 Å². The third-order valence-corrected chi connectivity index (χ3v) is 6.39. The van der Waals surface area contributed by atoms with E-state index in [9.17, 15) is 9.59 Å². The molecule has 0 saturated carbocycles. The fourth-order valence-electron chi connectivity index (χ4n) is 4.45. The van der Waals surface area contributed by atoms with Crippen LogP contribution in [-0.2, 0) is 11.3 Å². The standard InChI is InChI=1S/C27H27ClN2O3/c1-29(16-19-8-4-3-5-9-19)27(32)25-18-30(26(31)21-11-6-12-22(28)14-21)17-24(25)20-10-7-13-23(15-20)33-2/h3-15,24-25H,16-18H2,1-2H3/t24-,25+/m0/s1. The largest absolute Gasteiger partial charge is 0.497 e. The summed E-state index contributed by atoms with van der Waals surface area (Å²) >= 11 is 6.11. The molecule has 33 heavy (non-hydrogen) atoms. The summed E-state index contributed by atoms with van der Waals surface area (Å²) in [6.45, 7) is 1.32. The molecule has 1 heterocycles. The number of carbonyl (C=O) groups excluding carboxylic acids is 2. The minimum absolute atomic E-state index is 0.0214. The number of likely N-dealkylation sites (tertiary alicyclic amines) is 1. The van der Waals surface area contributed by atoms with Crippen molar-refractivity contribution in [2.75, 3.05) is 27.2 Å². The third-order valence-electron chi connectivity index (χ3n) is 6.16. The molecule has 0 spiro atoms. The molecule has 3 aromatic rings. The molecule has 2 amide bonds. The molecular weight excluding hydrogens is 436 g/mol. The van der Waals surface area contributed by atoms with Crippen LogP contribution in [0.4, 0.5) is 0 Å². The van der Waals surface area contributed by atoms with Crippen LogP contribution in [0.2, 0.25) is 5.02 Å². The van der Waals surface area contributed by atoms with Gasteiger partial charge in [0.25, 0.3) is 5.91 Å². The molecule has 0 unspecified atom stereocenters. The van der Waals surface area contributed by atoms with E-state index in [1.165, 1.54) is 0 Å². The van der Waals surface area contributed by atoms with Crippen molar-refractivity contribution in [1.29, 1.82) is 0 Å². The number of rotatable bonds is 6. The van der Waals surface area contributed by atoms with Crippen molar-refractivity contribution >= 4 is 23.4 Å². The van der Waals surface area contributed by atoms with Gasteiger partial charge in [-0.3, -0.25) is 9.59 Å². The summed E-state index contributed by atoms with van der Waals surface area (Å²) < 4.78 is 5.40. The van der Waals surface area contributed by atoms with Gasteiger partial charge in [0, 0.05) is 43.2 Å². The van der Waals surface area contributed by atoms with Crippen LogP contribution < -0.4 is 4.74 Å². The number of nitrogens with zero attached hydrogens (tertiary/aromatic N) is 2. The first kappa shape index (κ1) is 22.9. The Morgan fingerprint density at radius 1 is 1.00 bits per heavy atom. The Balaban J connectivity index is 1.61. The van der Waals surface area contributed by atoms with Crippen molar-refractivity contribution in [3.63, 3.8) is 0 Å². The normalized spacial score (nSPS) is 17.6. The minimum Gasteiger partial charge on any atom is -0.497 e. The van der Waals surface area contributed by atoms with Crippen LogP contribution in [0.3, 0.4) is 0 Å². The highest BCUT2D eigenvalue weighted by molar-refractivity contribution is 6.30. The molecule has 1 fully saturated rings. The average Bonchev–Trinajstić information content (AvgIpc) is 3.29. The lowest BCUT2D eigenvalue weighted by Crippen LogP contribution is -2.36. The molecule has 1 aliphatic heterocycles. The zero-order valence-electron chi connectivity index (χ0n) is 18.8. The predicted molar refractivity (Wildman–Crippen MR) is 129 cm³/mol. The Morgan fingerprint density at radius 2 is 1.76 bits per heavy atom. The zero-order valence-corrected chi connectivity index (χ0v) is 19.5. The maximum absolute atomic E-state index is 13.6. The smallest absolute Gasteiger partial charge is 0.253 e.